The highest BCUT2D eigenvalue weighted by molar-refractivity contribution is 5.15. The van der Waals surface area contributed by atoms with Gasteiger partial charge in [-0.05, 0) is 49.2 Å². The molecule has 2 aromatic heterocycles. The molecule has 0 saturated carbocycles. The van der Waals surface area contributed by atoms with Crippen LogP contribution in [-0.2, 0) is 41.6 Å². The van der Waals surface area contributed by atoms with E-state index in [0.29, 0.717) is 32.0 Å². The third-order valence-corrected chi connectivity index (χ3v) is 11.3. The van der Waals surface area contributed by atoms with Crippen molar-refractivity contribution in [2.45, 2.75) is 133 Å². The normalized spacial score (nSPS) is 30.3. The Morgan fingerprint density at radius 2 is 1.14 bits per heavy atom. The van der Waals surface area contributed by atoms with Gasteiger partial charge >= 0.3 is 0 Å². The second-order valence-corrected chi connectivity index (χ2v) is 16.2. The quantitative estimate of drug-likeness (QED) is 0.0862. The van der Waals surface area contributed by atoms with Crippen LogP contribution in [0.1, 0.15) is 75.4 Å². The van der Waals surface area contributed by atoms with Crippen molar-refractivity contribution >= 4 is 0 Å². The van der Waals surface area contributed by atoms with E-state index < -0.39 is 60.7 Å². The second kappa shape index (κ2) is 20.9. The lowest BCUT2D eigenvalue weighted by atomic mass is 9.91. The van der Waals surface area contributed by atoms with Gasteiger partial charge in [0.2, 0.25) is 0 Å². The Morgan fingerprint density at radius 3 is 1.56 bits per heavy atom. The molecule has 3 fully saturated rings. The molecule has 7 rings (SSSR count). The monoisotopic (exact) mass is 824 g/mol. The Morgan fingerprint density at radius 1 is 0.661 bits per heavy atom. The number of benzene rings is 2. The fraction of sp³-hybridized carbons (Fsp3) is 0.556. The molecule has 3 saturated heterocycles. The largest absolute Gasteiger partial charge is 0.466 e. The van der Waals surface area contributed by atoms with Gasteiger partial charge in [0.1, 0.15) is 35.9 Å². The van der Waals surface area contributed by atoms with Crippen molar-refractivity contribution < 1.29 is 67.9 Å². The number of hydrogen-bond donors (Lipinski definition) is 6. The Labute approximate surface area is 345 Å². The molecule has 14 atom stereocenters. The molecular weight excluding hydrogens is 764 g/mol. The van der Waals surface area contributed by atoms with Crippen molar-refractivity contribution in [2.75, 3.05) is 13.2 Å². The van der Waals surface area contributed by atoms with Gasteiger partial charge in [-0.15, -0.1) is 0 Å². The lowest BCUT2D eigenvalue weighted by molar-refractivity contribution is -0.148. The molecule has 59 heavy (non-hydrogen) atoms. The maximum Gasteiger partial charge on any atom is 0.163 e. The van der Waals surface area contributed by atoms with E-state index in [1.165, 1.54) is 12.5 Å². The van der Waals surface area contributed by atoms with Crippen LogP contribution in [0.4, 0.5) is 0 Å². The molecule has 3 aliphatic rings. The zero-order valence-electron chi connectivity index (χ0n) is 34.0. The SMILES string of the molecule is C[C@H]1[C@H]([C@H](O)[C@@H](O)c2ccco2)O[C@H](CC(O)CO)[C@@H]1OCc1ccccc1.C[C@H]1[C@H]([C@H](O)[C@@H](O)c2ccco2)O[C@H](CC2COC(C)(C)O2)[C@@H]1OCc1ccccc1. The highest BCUT2D eigenvalue weighted by Gasteiger charge is 2.50. The number of hydrogen-bond acceptors (Lipinski definition) is 14. The van der Waals surface area contributed by atoms with Gasteiger partial charge in [0.05, 0.1) is 87.8 Å². The van der Waals surface area contributed by atoms with Crippen molar-refractivity contribution in [1.29, 1.82) is 0 Å². The number of aliphatic hydroxyl groups is 6. The van der Waals surface area contributed by atoms with Crippen molar-refractivity contribution in [3.8, 4) is 0 Å². The van der Waals surface area contributed by atoms with Crippen molar-refractivity contribution in [2.24, 2.45) is 11.8 Å². The molecule has 4 aromatic rings. The Bertz CT molecular complexity index is 1760. The summed E-state index contributed by atoms with van der Waals surface area (Å²) in [6, 6.07) is 26.2. The van der Waals surface area contributed by atoms with Crippen molar-refractivity contribution in [3.63, 3.8) is 0 Å². The van der Waals surface area contributed by atoms with Gasteiger partial charge in [0.25, 0.3) is 0 Å². The smallest absolute Gasteiger partial charge is 0.163 e. The topological polar surface area (TPSA) is 203 Å². The minimum Gasteiger partial charge on any atom is -0.466 e. The molecule has 324 valence electrons. The summed E-state index contributed by atoms with van der Waals surface area (Å²) in [6.07, 6.45) is -5.05. The summed E-state index contributed by atoms with van der Waals surface area (Å²) < 4.78 is 46.7. The second-order valence-electron chi connectivity index (χ2n) is 16.2. The van der Waals surface area contributed by atoms with Crippen LogP contribution in [0, 0.1) is 11.8 Å². The van der Waals surface area contributed by atoms with E-state index in [4.69, 9.17) is 37.3 Å². The summed E-state index contributed by atoms with van der Waals surface area (Å²) >= 11 is 0. The summed E-state index contributed by atoms with van der Waals surface area (Å²) in [5, 5.41) is 61.6. The van der Waals surface area contributed by atoms with E-state index in [-0.39, 0.29) is 48.9 Å². The first-order valence-electron chi connectivity index (χ1n) is 20.4. The lowest BCUT2D eigenvalue weighted by Gasteiger charge is -2.25. The molecule has 0 radical (unpaired) electrons. The average Bonchev–Trinajstić information content (AvgIpc) is 4.10. The molecule has 6 N–H and O–H groups in total. The third-order valence-electron chi connectivity index (χ3n) is 11.3. The molecule has 14 heteroatoms. The van der Waals surface area contributed by atoms with Crippen LogP contribution in [-0.4, -0.2) is 111 Å². The van der Waals surface area contributed by atoms with Crippen molar-refractivity contribution in [1.82, 2.24) is 0 Å². The molecule has 5 heterocycles. The van der Waals surface area contributed by atoms with Crippen LogP contribution in [0.25, 0.3) is 0 Å². The zero-order valence-corrected chi connectivity index (χ0v) is 34.0. The Kier molecular flexibility index (Phi) is 15.9. The van der Waals surface area contributed by atoms with E-state index >= 15 is 0 Å². The maximum atomic E-state index is 10.9. The van der Waals surface area contributed by atoms with Crippen LogP contribution in [0.15, 0.2) is 106 Å². The van der Waals surface area contributed by atoms with Crippen LogP contribution in [0.2, 0.25) is 0 Å². The van der Waals surface area contributed by atoms with E-state index in [0.717, 1.165) is 11.1 Å². The molecule has 2 unspecified atom stereocenters. The van der Waals surface area contributed by atoms with Crippen LogP contribution in [0.3, 0.4) is 0 Å². The minimum atomic E-state index is -1.24. The van der Waals surface area contributed by atoms with Gasteiger partial charge in [-0.3, -0.25) is 0 Å². The van der Waals surface area contributed by atoms with Gasteiger partial charge in [0, 0.05) is 24.7 Å². The first kappa shape index (κ1) is 45.1. The van der Waals surface area contributed by atoms with E-state index in [9.17, 15) is 30.6 Å². The first-order chi connectivity index (χ1) is 28.3. The lowest BCUT2D eigenvalue weighted by Crippen LogP contribution is -2.37. The number of aliphatic hydroxyl groups excluding tert-OH is 6. The summed E-state index contributed by atoms with van der Waals surface area (Å²) in [5.74, 6) is -0.460. The number of rotatable bonds is 17. The molecule has 2 aromatic carbocycles. The minimum absolute atomic E-state index is 0.124. The van der Waals surface area contributed by atoms with E-state index in [1.54, 1.807) is 24.3 Å². The molecule has 0 aliphatic carbocycles. The van der Waals surface area contributed by atoms with Crippen LogP contribution >= 0.6 is 0 Å². The van der Waals surface area contributed by atoms with E-state index in [1.807, 2.05) is 88.4 Å². The molecule has 14 nitrogen and oxygen atoms in total. The van der Waals surface area contributed by atoms with E-state index in [2.05, 4.69) is 0 Å². The summed E-state index contributed by atoms with van der Waals surface area (Å²) in [6.45, 7) is 8.53. The number of furan rings is 2. The molecule has 3 aliphatic heterocycles. The maximum absolute atomic E-state index is 10.9. The van der Waals surface area contributed by atoms with Gasteiger partial charge < -0.3 is 67.9 Å². The third kappa shape index (κ3) is 11.7. The fourth-order valence-corrected chi connectivity index (χ4v) is 8.17. The average molecular weight is 825 g/mol. The zero-order chi connectivity index (χ0) is 42.1. The van der Waals surface area contributed by atoms with Gasteiger partial charge in [0.15, 0.2) is 5.79 Å². The molecule has 0 bridgehead atoms. The van der Waals surface area contributed by atoms with Gasteiger partial charge in [-0.25, -0.2) is 0 Å². The predicted octanol–water partition coefficient (Wildman–Crippen LogP) is 4.61. The molecular formula is C45H60O14. The summed E-state index contributed by atoms with van der Waals surface area (Å²) in [4.78, 5) is 0. The molecule has 0 spiro atoms. The summed E-state index contributed by atoms with van der Waals surface area (Å²) in [5.41, 5.74) is 2.06. The first-order valence-corrected chi connectivity index (χ1v) is 20.4. The standard InChI is InChI=1S/C24H32O7.C21H28O7/c1-15-22(28-13-16-8-5-4-6-9-16)19(12-17-14-29-24(2,3)31-17)30-23(15)21(26)20(25)18-10-7-11-27-18;1-13-20(27-12-14-6-3-2-4-7-14)17(10-15(23)11-22)28-21(13)19(25)18(24)16-8-5-9-26-16/h4-11,15,17,19-23,25-26H,12-14H2,1-3H3;2-9,13,15,17-25H,10-12H2,1H3/t15-,17?,19-,20+,21-,22-,23-;13-,15?,17-,18+,19-,20-,21-/m11/s1. The predicted molar refractivity (Wildman–Crippen MR) is 212 cm³/mol. The Hall–Kier alpha value is -3.48. The van der Waals surface area contributed by atoms with Crippen LogP contribution in [0.5, 0.6) is 0 Å². The van der Waals surface area contributed by atoms with Crippen LogP contribution < -0.4 is 0 Å². The fourth-order valence-electron chi connectivity index (χ4n) is 8.17. The van der Waals surface area contributed by atoms with Gasteiger partial charge in [-0.2, -0.15) is 0 Å². The highest BCUT2D eigenvalue weighted by Crippen LogP contribution is 2.40. The molecule has 0 amide bonds. The Balaban J connectivity index is 0.000000199. The summed E-state index contributed by atoms with van der Waals surface area (Å²) in [7, 11) is 0. The van der Waals surface area contributed by atoms with Crippen molar-refractivity contribution in [3.05, 3.63) is 120 Å². The highest BCUT2D eigenvalue weighted by atomic mass is 16.7. The number of ether oxygens (including phenoxy) is 6. The van der Waals surface area contributed by atoms with Gasteiger partial charge in [-0.1, -0.05) is 74.5 Å².